The molecular weight excluding hydrogens is 492 g/mol. The van der Waals surface area contributed by atoms with Crippen LogP contribution < -0.4 is 16.4 Å². The number of amides is 1. The molecule has 0 spiro atoms. The predicted octanol–water partition coefficient (Wildman–Crippen LogP) is 4.00. The van der Waals surface area contributed by atoms with E-state index >= 15 is 0 Å². The third-order valence-electron chi connectivity index (χ3n) is 5.58. The minimum Gasteiger partial charge on any atom is -0.407 e. The van der Waals surface area contributed by atoms with Crippen molar-refractivity contribution >= 4 is 46.5 Å². The van der Waals surface area contributed by atoms with Crippen molar-refractivity contribution in [2.45, 2.75) is 19.0 Å². The number of amidine groups is 1. The Bertz CT molecular complexity index is 1340. The van der Waals surface area contributed by atoms with Gasteiger partial charge in [0.2, 0.25) is 12.1 Å². The maximum Gasteiger partial charge on any atom is 0.291 e. The number of aliphatic imine (C=N–C) groups is 2. The molecule has 9 nitrogen and oxygen atoms in total. The highest BCUT2D eigenvalue weighted by molar-refractivity contribution is 6.36. The number of anilines is 2. The van der Waals surface area contributed by atoms with Gasteiger partial charge >= 0.3 is 0 Å². The van der Waals surface area contributed by atoms with E-state index in [4.69, 9.17) is 32.6 Å². The lowest BCUT2D eigenvalue weighted by atomic mass is 10.0. The van der Waals surface area contributed by atoms with Gasteiger partial charge in [-0.15, -0.1) is 0 Å². The van der Waals surface area contributed by atoms with Crippen molar-refractivity contribution in [2.75, 3.05) is 23.8 Å². The first-order chi connectivity index (χ1) is 18.0. The molecule has 10 heteroatoms. The highest BCUT2D eigenvalue weighted by Crippen LogP contribution is 2.31. The lowest BCUT2D eigenvalue weighted by Crippen LogP contribution is -2.29. The molecule has 190 valence electrons. The van der Waals surface area contributed by atoms with Crippen molar-refractivity contribution in [1.29, 1.82) is 5.41 Å². The molecule has 1 heterocycles. The molecule has 3 aromatic carbocycles. The van der Waals surface area contributed by atoms with Crippen LogP contribution in [0.4, 0.5) is 11.4 Å². The summed E-state index contributed by atoms with van der Waals surface area (Å²) in [7, 11) is 0. The van der Waals surface area contributed by atoms with Gasteiger partial charge in [-0.25, -0.2) is 4.99 Å². The van der Waals surface area contributed by atoms with Crippen molar-refractivity contribution < 1.29 is 14.6 Å². The highest BCUT2D eigenvalue weighted by Gasteiger charge is 2.27. The number of nitrogens with two attached hydrogens (primary N) is 1. The van der Waals surface area contributed by atoms with E-state index in [0.29, 0.717) is 46.2 Å². The molecule has 1 unspecified atom stereocenters. The summed E-state index contributed by atoms with van der Waals surface area (Å²) in [5, 5.41) is 23.8. The van der Waals surface area contributed by atoms with E-state index < -0.39 is 12.1 Å². The molecule has 4 rings (SSSR count). The average Bonchev–Trinajstić information content (AvgIpc) is 3.04. The van der Waals surface area contributed by atoms with Crippen LogP contribution in [0.15, 0.2) is 82.8 Å². The monoisotopic (exact) mass is 518 g/mol. The number of benzodiazepines with no additional fused rings is 1. The van der Waals surface area contributed by atoms with E-state index in [1.807, 2.05) is 48.5 Å². The van der Waals surface area contributed by atoms with E-state index in [-0.39, 0.29) is 18.5 Å². The van der Waals surface area contributed by atoms with Crippen LogP contribution in [0.25, 0.3) is 0 Å². The molecule has 1 atom stereocenters. The summed E-state index contributed by atoms with van der Waals surface area (Å²) in [5.74, 6) is -0.775. The zero-order valence-electron chi connectivity index (χ0n) is 19.9. The van der Waals surface area contributed by atoms with E-state index in [2.05, 4.69) is 20.6 Å². The Morgan fingerprint density at radius 2 is 1.86 bits per heavy atom. The smallest absolute Gasteiger partial charge is 0.291 e. The van der Waals surface area contributed by atoms with Gasteiger partial charge in [0.1, 0.15) is 0 Å². The lowest BCUT2D eigenvalue weighted by molar-refractivity contribution is -0.117. The Kier molecular flexibility index (Phi) is 8.50. The first kappa shape index (κ1) is 25.9. The fraction of sp³-hybridized carbons (Fsp3) is 0.185. The molecular formula is C27H27ClN6O3. The van der Waals surface area contributed by atoms with Crippen LogP contribution in [0.2, 0.25) is 5.02 Å². The molecule has 1 aliphatic heterocycles. The molecule has 6 N–H and O–H groups in total. The molecule has 3 aromatic rings. The predicted molar refractivity (Wildman–Crippen MR) is 147 cm³/mol. The van der Waals surface area contributed by atoms with Crippen molar-refractivity contribution in [3.63, 3.8) is 0 Å². The highest BCUT2D eigenvalue weighted by atomic mass is 35.5. The van der Waals surface area contributed by atoms with Gasteiger partial charge in [0, 0.05) is 30.0 Å². The summed E-state index contributed by atoms with van der Waals surface area (Å²) in [6.07, 6.45) is 0.179. The fourth-order valence-electron chi connectivity index (χ4n) is 3.80. The molecule has 0 fully saturated rings. The van der Waals surface area contributed by atoms with Gasteiger partial charge in [-0.05, 0) is 31.0 Å². The van der Waals surface area contributed by atoms with E-state index in [0.717, 1.165) is 12.0 Å². The first-order valence-corrected chi connectivity index (χ1v) is 12.1. The lowest BCUT2D eigenvalue weighted by Gasteiger charge is -2.13. The zero-order valence-corrected chi connectivity index (χ0v) is 20.7. The standard InChI is InChI=1S/C27H27ClN6O3/c28-20-13-8-12-19-22(17-9-2-1-3-10-17)32-25(26(36)33-23(19)20)34-27(30)37-24(29)18-11-4-5-14-21(18)31-15-6-7-16-35/h1-5,8-14,25,29,31,35H,6-7,15-16H2,(H2,30,34)(H,33,36). The van der Waals surface area contributed by atoms with Gasteiger partial charge in [-0.3, -0.25) is 10.2 Å². The summed E-state index contributed by atoms with van der Waals surface area (Å²) in [6.45, 7) is 0.743. The molecule has 0 radical (unpaired) electrons. The molecule has 1 amide bonds. The number of fused-ring (bicyclic) bond motifs is 1. The number of para-hydroxylation sites is 2. The number of nitrogens with one attached hydrogen (secondary N) is 3. The van der Waals surface area contributed by atoms with Crippen LogP contribution in [-0.4, -0.2) is 48.0 Å². The topological polar surface area (TPSA) is 145 Å². The number of hydrogen-bond acceptors (Lipinski definition) is 7. The second kappa shape index (κ2) is 12.2. The molecule has 1 aliphatic rings. The van der Waals surface area contributed by atoms with E-state index in [9.17, 15) is 4.79 Å². The van der Waals surface area contributed by atoms with Gasteiger partial charge in [0.15, 0.2) is 0 Å². The molecule has 0 saturated heterocycles. The number of rotatable bonds is 8. The quantitative estimate of drug-likeness (QED) is 0.174. The van der Waals surface area contributed by atoms with Crippen molar-refractivity contribution in [2.24, 2.45) is 15.7 Å². The van der Waals surface area contributed by atoms with E-state index in [1.165, 1.54) is 0 Å². The van der Waals surface area contributed by atoms with E-state index in [1.54, 1.807) is 24.3 Å². The minimum absolute atomic E-state index is 0.121. The number of nitrogens with zero attached hydrogens (tertiary/aromatic N) is 2. The molecule has 0 saturated carbocycles. The molecule has 37 heavy (non-hydrogen) atoms. The van der Waals surface area contributed by atoms with Crippen LogP contribution in [0.5, 0.6) is 0 Å². The van der Waals surface area contributed by atoms with Crippen molar-refractivity contribution in [1.82, 2.24) is 0 Å². The molecule has 0 aromatic heterocycles. The second-order valence-corrected chi connectivity index (χ2v) is 8.58. The Morgan fingerprint density at radius 3 is 2.65 bits per heavy atom. The average molecular weight is 519 g/mol. The Balaban J connectivity index is 1.60. The summed E-state index contributed by atoms with van der Waals surface area (Å²) in [4.78, 5) is 21.8. The minimum atomic E-state index is -1.27. The third kappa shape index (κ3) is 6.32. The summed E-state index contributed by atoms with van der Waals surface area (Å²) >= 11 is 6.39. The number of hydrogen-bond donors (Lipinski definition) is 5. The number of carbonyl (C=O) groups is 1. The SMILES string of the molecule is N=C(O/C(N)=N/C1N=C(c2ccccc2)c2cccc(Cl)c2NC1=O)c1ccccc1NCCCCO. The maximum absolute atomic E-state index is 13.0. The Labute approximate surface area is 219 Å². The summed E-state index contributed by atoms with van der Waals surface area (Å²) in [6, 6.07) is 21.4. The second-order valence-electron chi connectivity index (χ2n) is 8.17. The fourth-order valence-corrected chi connectivity index (χ4v) is 4.02. The molecule has 0 aliphatic carbocycles. The third-order valence-corrected chi connectivity index (χ3v) is 5.89. The number of benzene rings is 3. The largest absolute Gasteiger partial charge is 0.407 e. The Morgan fingerprint density at radius 1 is 1.11 bits per heavy atom. The van der Waals surface area contributed by atoms with Crippen LogP contribution in [-0.2, 0) is 9.53 Å². The van der Waals surface area contributed by atoms with Crippen molar-refractivity contribution in [3.05, 3.63) is 94.5 Å². The first-order valence-electron chi connectivity index (χ1n) is 11.7. The van der Waals surface area contributed by atoms with Crippen LogP contribution >= 0.6 is 11.6 Å². The maximum atomic E-state index is 13.0. The van der Waals surface area contributed by atoms with Gasteiger partial charge in [-0.1, -0.05) is 66.2 Å². The number of aliphatic hydroxyl groups is 1. The van der Waals surface area contributed by atoms with Crippen LogP contribution in [0.3, 0.4) is 0 Å². The zero-order chi connectivity index (χ0) is 26.2. The summed E-state index contributed by atoms with van der Waals surface area (Å²) < 4.78 is 5.49. The summed E-state index contributed by atoms with van der Waals surface area (Å²) in [5.41, 5.74) is 9.56. The number of ether oxygens (including phenoxy) is 1. The number of aliphatic hydroxyl groups excluding tert-OH is 1. The van der Waals surface area contributed by atoms with Gasteiger partial charge in [0.05, 0.1) is 22.0 Å². The van der Waals surface area contributed by atoms with Gasteiger partial charge < -0.3 is 26.2 Å². The van der Waals surface area contributed by atoms with Crippen LogP contribution in [0, 0.1) is 5.41 Å². The van der Waals surface area contributed by atoms with Gasteiger partial charge in [0.25, 0.3) is 11.9 Å². The normalized spacial score (nSPS) is 15.2. The number of halogens is 1. The number of carbonyl (C=O) groups excluding carboxylic acids is 1. The van der Waals surface area contributed by atoms with Crippen molar-refractivity contribution in [3.8, 4) is 0 Å². The Hall–Kier alpha value is -4.21. The molecule has 0 bridgehead atoms. The number of unbranched alkanes of at least 4 members (excludes halogenated alkanes) is 1. The van der Waals surface area contributed by atoms with Crippen LogP contribution in [0.1, 0.15) is 29.5 Å². The van der Waals surface area contributed by atoms with Gasteiger partial charge in [-0.2, -0.15) is 4.99 Å².